The predicted molar refractivity (Wildman–Crippen MR) is 121 cm³/mol. The molecule has 0 amide bonds. The Morgan fingerprint density at radius 2 is 1.76 bits per heavy atom. The second kappa shape index (κ2) is 11.6. The van der Waals surface area contributed by atoms with Gasteiger partial charge in [-0.15, -0.1) is 0 Å². The van der Waals surface area contributed by atoms with Crippen LogP contribution in [-0.2, 0) is 34.7 Å². The summed E-state index contributed by atoms with van der Waals surface area (Å²) in [5, 5.41) is 11.0. The van der Waals surface area contributed by atoms with Crippen LogP contribution in [0.5, 0.6) is 11.5 Å². The standard InChI is InChI=1S/C23H19ClF3NO10/c1-11(21(30)38-20-10-34-9-19(20)36-12(2)29)35-22(31)15-8-14(4-5-17(15)28(32)33)37-18-6-3-13(7-16(18)24)23(25,26)27/h3-8,11,19-20H,9-10H2,1-2H3. The molecular weight excluding hydrogens is 543 g/mol. The zero-order valence-electron chi connectivity index (χ0n) is 19.7. The number of benzene rings is 2. The van der Waals surface area contributed by atoms with Crippen LogP contribution in [0.1, 0.15) is 29.8 Å². The molecule has 38 heavy (non-hydrogen) atoms. The molecule has 1 heterocycles. The first-order valence-corrected chi connectivity index (χ1v) is 11.1. The normalized spacial score (nSPS) is 17.8. The second-order valence-corrected chi connectivity index (χ2v) is 8.30. The zero-order chi connectivity index (χ0) is 28.2. The van der Waals surface area contributed by atoms with E-state index in [0.717, 1.165) is 44.2 Å². The Morgan fingerprint density at radius 3 is 2.34 bits per heavy atom. The molecule has 2 aromatic rings. The molecule has 3 atom stereocenters. The highest BCUT2D eigenvalue weighted by Gasteiger charge is 2.36. The molecular formula is C23H19ClF3NO10. The molecule has 204 valence electrons. The molecule has 1 aliphatic heterocycles. The minimum Gasteiger partial charge on any atom is -0.456 e. The molecule has 1 saturated heterocycles. The van der Waals surface area contributed by atoms with Gasteiger partial charge < -0.3 is 23.7 Å². The molecule has 0 radical (unpaired) electrons. The molecule has 1 aliphatic rings. The van der Waals surface area contributed by atoms with E-state index < -0.39 is 69.2 Å². The Kier molecular flexibility index (Phi) is 8.78. The number of ether oxygens (including phenoxy) is 5. The summed E-state index contributed by atoms with van der Waals surface area (Å²) < 4.78 is 64.3. The number of halogens is 4. The summed E-state index contributed by atoms with van der Waals surface area (Å²) in [6.45, 7) is 2.25. The van der Waals surface area contributed by atoms with Gasteiger partial charge in [0.25, 0.3) is 5.69 Å². The van der Waals surface area contributed by atoms with E-state index in [1.165, 1.54) is 0 Å². The van der Waals surface area contributed by atoms with Crippen LogP contribution in [0.25, 0.3) is 0 Å². The van der Waals surface area contributed by atoms with Gasteiger partial charge in [-0.2, -0.15) is 13.2 Å². The van der Waals surface area contributed by atoms with Gasteiger partial charge >= 0.3 is 24.1 Å². The van der Waals surface area contributed by atoms with E-state index in [4.69, 9.17) is 35.3 Å². The van der Waals surface area contributed by atoms with Crippen molar-refractivity contribution in [3.05, 3.63) is 62.7 Å². The first-order valence-electron chi connectivity index (χ1n) is 10.8. The number of nitrogens with zero attached hydrogens (tertiary/aromatic N) is 1. The van der Waals surface area contributed by atoms with Gasteiger partial charge in [0.15, 0.2) is 18.3 Å². The molecule has 0 aromatic heterocycles. The van der Waals surface area contributed by atoms with Crippen molar-refractivity contribution in [2.45, 2.75) is 38.3 Å². The predicted octanol–water partition coefficient (Wildman–Crippen LogP) is 4.48. The van der Waals surface area contributed by atoms with E-state index >= 15 is 0 Å². The van der Waals surface area contributed by atoms with Crippen molar-refractivity contribution >= 4 is 35.2 Å². The molecule has 2 aromatic carbocycles. The fourth-order valence-corrected chi connectivity index (χ4v) is 3.47. The minimum atomic E-state index is -4.64. The topological polar surface area (TPSA) is 140 Å². The summed E-state index contributed by atoms with van der Waals surface area (Å²) in [4.78, 5) is 46.9. The van der Waals surface area contributed by atoms with E-state index in [1.54, 1.807) is 0 Å². The van der Waals surface area contributed by atoms with Gasteiger partial charge in [-0.3, -0.25) is 14.9 Å². The van der Waals surface area contributed by atoms with Crippen LogP contribution < -0.4 is 4.74 Å². The van der Waals surface area contributed by atoms with E-state index in [9.17, 15) is 37.7 Å². The third-order valence-corrected chi connectivity index (χ3v) is 5.35. The highest BCUT2D eigenvalue weighted by molar-refractivity contribution is 6.32. The number of rotatable bonds is 8. The van der Waals surface area contributed by atoms with Crippen molar-refractivity contribution in [3.63, 3.8) is 0 Å². The van der Waals surface area contributed by atoms with Crippen molar-refractivity contribution < 1.29 is 56.2 Å². The van der Waals surface area contributed by atoms with E-state index in [1.807, 2.05) is 0 Å². The van der Waals surface area contributed by atoms with Crippen LogP contribution in [0.4, 0.5) is 18.9 Å². The van der Waals surface area contributed by atoms with Gasteiger partial charge in [-0.05, 0) is 31.2 Å². The lowest BCUT2D eigenvalue weighted by Crippen LogP contribution is -2.37. The smallest absolute Gasteiger partial charge is 0.416 e. The Labute approximate surface area is 217 Å². The van der Waals surface area contributed by atoms with Crippen LogP contribution in [-0.4, -0.2) is 54.4 Å². The maximum Gasteiger partial charge on any atom is 0.416 e. The first kappa shape index (κ1) is 28.7. The maximum absolute atomic E-state index is 12.9. The lowest BCUT2D eigenvalue weighted by atomic mass is 10.1. The molecule has 3 unspecified atom stereocenters. The van der Waals surface area contributed by atoms with Crippen LogP contribution in [0.3, 0.4) is 0 Å². The van der Waals surface area contributed by atoms with Crippen molar-refractivity contribution in [1.29, 1.82) is 0 Å². The van der Waals surface area contributed by atoms with Crippen LogP contribution >= 0.6 is 11.6 Å². The summed E-state index contributed by atoms with van der Waals surface area (Å²) in [6, 6.07) is 5.21. The number of carbonyl (C=O) groups is 3. The number of hydrogen-bond donors (Lipinski definition) is 0. The Hall–Kier alpha value is -3.91. The maximum atomic E-state index is 12.9. The third kappa shape index (κ3) is 7.10. The first-order chi connectivity index (χ1) is 17.8. The summed E-state index contributed by atoms with van der Waals surface area (Å²) in [6.07, 6.45) is -7.98. The number of alkyl halides is 3. The number of esters is 3. The molecule has 0 spiro atoms. The number of carbonyl (C=O) groups excluding carboxylic acids is 3. The molecule has 0 saturated carbocycles. The van der Waals surface area contributed by atoms with Crippen LogP contribution in [0.2, 0.25) is 5.02 Å². The van der Waals surface area contributed by atoms with Crippen LogP contribution in [0, 0.1) is 10.1 Å². The fraction of sp³-hybridized carbons (Fsp3) is 0.348. The highest BCUT2D eigenvalue weighted by atomic mass is 35.5. The minimum absolute atomic E-state index is 0.00632. The summed E-state index contributed by atoms with van der Waals surface area (Å²) in [7, 11) is 0. The average Bonchev–Trinajstić information content (AvgIpc) is 3.24. The number of nitro groups is 1. The van der Waals surface area contributed by atoms with E-state index in [-0.39, 0.29) is 24.7 Å². The summed E-state index contributed by atoms with van der Waals surface area (Å²) >= 11 is 5.87. The van der Waals surface area contributed by atoms with Crippen LogP contribution in [0.15, 0.2) is 36.4 Å². The van der Waals surface area contributed by atoms with E-state index in [0.29, 0.717) is 6.07 Å². The Morgan fingerprint density at radius 1 is 1.11 bits per heavy atom. The zero-order valence-corrected chi connectivity index (χ0v) is 20.4. The Balaban J connectivity index is 1.75. The molecule has 3 rings (SSSR count). The second-order valence-electron chi connectivity index (χ2n) is 7.89. The quantitative estimate of drug-likeness (QED) is 0.196. The largest absolute Gasteiger partial charge is 0.456 e. The molecule has 0 N–H and O–H groups in total. The molecule has 11 nitrogen and oxygen atoms in total. The fourth-order valence-electron chi connectivity index (χ4n) is 3.25. The molecule has 1 fully saturated rings. The highest BCUT2D eigenvalue weighted by Crippen LogP contribution is 2.37. The molecule has 0 aliphatic carbocycles. The average molecular weight is 562 g/mol. The SMILES string of the molecule is CC(=O)OC1COCC1OC(=O)C(C)OC(=O)c1cc(Oc2ccc(C(F)(F)F)cc2Cl)ccc1[N+](=O)[O-]. The van der Waals surface area contributed by atoms with Crippen molar-refractivity contribution in [2.24, 2.45) is 0 Å². The van der Waals surface area contributed by atoms with Crippen molar-refractivity contribution in [2.75, 3.05) is 13.2 Å². The lowest BCUT2D eigenvalue weighted by Gasteiger charge is -2.20. The van der Waals surface area contributed by atoms with Gasteiger partial charge in [0.05, 0.1) is 28.7 Å². The van der Waals surface area contributed by atoms with Gasteiger partial charge in [0.1, 0.15) is 17.1 Å². The monoisotopic (exact) mass is 561 g/mol. The third-order valence-electron chi connectivity index (χ3n) is 5.05. The van der Waals surface area contributed by atoms with Gasteiger partial charge in [-0.25, -0.2) is 9.59 Å². The molecule has 0 bridgehead atoms. The van der Waals surface area contributed by atoms with Gasteiger partial charge in [-0.1, -0.05) is 11.6 Å². The van der Waals surface area contributed by atoms with Gasteiger partial charge in [0, 0.05) is 19.1 Å². The summed E-state index contributed by atoms with van der Waals surface area (Å²) in [5.41, 5.74) is -2.33. The van der Waals surface area contributed by atoms with Gasteiger partial charge in [0.2, 0.25) is 0 Å². The van der Waals surface area contributed by atoms with E-state index in [2.05, 4.69) is 0 Å². The van der Waals surface area contributed by atoms with Crippen molar-refractivity contribution in [3.8, 4) is 11.5 Å². The number of nitro benzene ring substituents is 1. The number of hydrogen-bond acceptors (Lipinski definition) is 10. The summed E-state index contributed by atoms with van der Waals surface area (Å²) in [5.74, 6) is -3.34. The Bertz CT molecular complexity index is 1250. The molecule has 15 heteroatoms. The van der Waals surface area contributed by atoms with Crippen molar-refractivity contribution in [1.82, 2.24) is 0 Å². The lowest BCUT2D eigenvalue weighted by molar-refractivity contribution is -0.385.